The van der Waals surface area contributed by atoms with Crippen molar-refractivity contribution in [1.29, 1.82) is 0 Å². The summed E-state index contributed by atoms with van der Waals surface area (Å²) in [7, 11) is -1.58. The molecule has 3 N–H and O–H groups in total. The van der Waals surface area contributed by atoms with E-state index in [0.717, 1.165) is 6.26 Å². The second-order valence-electron chi connectivity index (χ2n) is 3.08. The van der Waals surface area contributed by atoms with Crippen LogP contribution in [0.4, 0.5) is 11.6 Å². The molecule has 1 aromatic rings. The number of anilines is 2. The van der Waals surface area contributed by atoms with Gasteiger partial charge in [-0.2, -0.15) is 5.10 Å². The molecule has 7 heteroatoms. The van der Waals surface area contributed by atoms with E-state index in [9.17, 15) is 8.42 Å². The molecule has 1 rings (SSSR count). The van der Waals surface area contributed by atoms with Crippen molar-refractivity contribution >= 4 is 21.5 Å². The molecule has 80 valence electrons. The number of nitrogens with two attached hydrogens (primary N) is 1. The summed E-state index contributed by atoms with van der Waals surface area (Å²) < 4.78 is 22.8. The molecule has 0 bridgehead atoms. The molecule has 0 saturated heterocycles. The predicted molar refractivity (Wildman–Crippen MR) is 55.1 cm³/mol. The Labute approximate surface area is 83.0 Å². The maximum absolute atomic E-state index is 11.4. The van der Waals surface area contributed by atoms with Gasteiger partial charge in [0.05, 0.1) is 0 Å². The number of nitrogens with zero attached hydrogens (tertiary/aromatic N) is 2. The quantitative estimate of drug-likeness (QED) is 0.736. The summed E-state index contributed by atoms with van der Waals surface area (Å²) in [4.78, 5) is 1.78. The number of nitrogen functional groups attached to an aromatic ring is 1. The summed E-state index contributed by atoms with van der Waals surface area (Å²) in [5.74, 6) is 0.454. The van der Waals surface area contributed by atoms with Gasteiger partial charge in [-0.1, -0.05) is 0 Å². The molecule has 0 aromatic carbocycles. The fourth-order valence-electron chi connectivity index (χ4n) is 1.11. The Hall–Kier alpha value is -1.24. The molecule has 14 heavy (non-hydrogen) atoms. The van der Waals surface area contributed by atoms with E-state index < -0.39 is 9.84 Å². The molecule has 0 saturated carbocycles. The molecule has 0 fully saturated rings. The molecule has 0 atom stereocenters. The van der Waals surface area contributed by atoms with Crippen molar-refractivity contribution in [3.05, 3.63) is 0 Å². The van der Waals surface area contributed by atoms with Crippen LogP contribution in [0, 0.1) is 0 Å². The monoisotopic (exact) mass is 218 g/mol. The van der Waals surface area contributed by atoms with Gasteiger partial charge >= 0.3 is 0 Å². The van der Waals surface area contributed by atoms with Gasteiger partial charge in [0.15, 0.2) is 20.6 Å². The predicted octanol–water partition coefficient (Wildman–Crippen LogP) is -0.148. The van der Waals surface area contributed by atoms with Gasteiger partial charge in [-0.25, -0.2) is 8.42 Å². The van der Waals surface area contributed by atoms with E-state index in [1.54, 1.807) is 11.9 Å². The van der Waals surface area contributed by atoms with E-state index in [1.165, 1.54) is 0 Å². The SMILES string of the molecule is CCN(C)c1n[nH]c(N)c1S(C)(=O)=O. The van der Waals surface area contributed by atoms with Gasteiger partial charge in [-0.05, 0) is 6.92 Å². The van der Waals surface area contributed by atoms with Gasteiger partial charge in [0.1, 0.15) is 5.82 Å². The highest BCUT2D eigenvalue weighted by molar-refractivity contribution is 7.91. The van der Waals surface area contributed by atoms with Crippen molar-refractivity contribution in [2.45, 2.75) is 11.8 Å². The van der Waals surface area contributed by atoms with Crippen molar-refractivity contribution < 1.29 is 8.42 Å². The van der Waals surface area contributed by atoms with E-state index in [0.29, 0.717) is 12.4 Å². The lowest BCUT2D eigenvalue weighted by molar-refractivity contribution is 0.602. The van der Waals surface area contributed by atoms with Crippen LogP contribution in [-0.2, 0) is 9.84 Å². The van der Waals surface area contributed by atoms with Crippen LogP contribution >= 0.6 is 0 Å². The Morgan fingerprint density at radius 1 is 1.57 bits per heavy atom. The van der Waals surface area contributed by atoms with Gasteiger partial charge in [0.25, 0.3) is 0 Å². The Kier molecular flexibility index (Phi) is 2.70. The summed E-state index contributed by atoms with van der Waals surface area (Å²) >= 11 is 0. The third-order valence-corrected chi connectivity index (χ3v) is 3.08. The molecule has 6 nitrogen and oxygen atoms in total. The molecule has 0 aliphatic heterocycles. The Morgan fingerprint density at radius 3 is 2.57 bits per heavy atom. The molecular formula is C7H14N4O2S. The molecule has 0 spiro atoms. The lowest BCUT2D eigenvalue weighted by Crippen LogP contribution is -2.18. The normalized spacial score (nSPS) is 11.6. The van der Waals surface area contributed by atoms with Crippen molar-refractivity contribution in [3.63, 3.8) is 0 Å². The van der Waals surface area contributed by atoms with Gasteiger partial charge in [0.2, 0.25) is 0 Å². The molecular weight excluding hydrogens is 204 g/mol. The maximum atomic E-state index is 11.4. The molecule has 0 amide bonds. The molecule has 0 radical (unpaired) electrons. The average molecular weight is 218 g/mol. The summed E-state index contributed by atoms with van der Waals surface area (Å²) in [6, 6.07) is 0. The van der Waals surface area contributed by atoms with Crippen molar-refractivity contribution in [2.75, 3.05) is 30.5 Å². The van der Waals surface area contributed by atoms with Crippen LogP contribution in [0.1, 0.15) is 6.92 Å². The molecule has 1 heterocycles. The van der Waals surface area contributed by atoms with Crippen molar-refractivity contribution in [2.24, 2.45) is 0 Å². The fourth-order valence-corrected chi connectivity index (χ4v) is 2.09. The van der Waals surface area contributed by atoms with Crippen molar-refractivity contribution in [1.82, 2.24) is 10.2 Å². The summed E-state index contributed by atoms with van der Waals surface area (Å²) in [5, 5.41) is 6.32. The summed E-state index contributed by atoms with van der Waals surface area (Å²) in [6.45, 7) is 2.56. The first kappa shape index (κ1) is 10.8. The third-order valence-electron chi connectivity index (χ3n) is 1.94. The lowest BCUT2D eigenvalue weighted by atomic mass is 10.5. The number of aromatic amines is 1. The van der Waals surface area contributed by atoms with Crippen LogP contribution < -0.4 is 10.6 Å². The largest absolute Gasteiger partial charge is 0.383 e. The number of aromatic nitrogens is 2. The van der Waals surface area contributed by atoms with Gasteiger partial charge in [0, 0.05) is 19.8 Å². The van der Waals surface area contributed by atoms with Crippen LogP contribution in [0.5, 0.6) is 0 Å². The summed E-state index contributed by atoms with van der Waals surface area (Å²) in [6.07, 6.45) is 1.11. The smallest absolute Gasteiger partial charge is 0.182 e. The first-order valence-corrected chi connectivity index (χ1v) is 6.02. The first-order chi connectivity index (χ1) is 6.38. The Balaban J connectivity index is 3.34. The zero-order valence-electron chi connectivity index (χ0n) is 8.40. The highest BCUT2D eigenvalue weighted by atomic mass is 32.2. The number of sulfone groups is 1. The first-order valence-electron chi connectivity index (χ1n) is 4.13. The highest BCUT2D eigenvalue weighted by Gasteiger charge is 2.22. The molecule has 0 aliphatic carbocycles. The van der Waals surface area contributed by atoms with Gasteiger partial charge in [-0.15, -0.1) is 0 Å². The minimum Gasteiger partial charge on any atom is -0.383 e. The van der Waals surface area contributed by atoms with Crippen LogP contribution in [0.25, 0.3) is 0 Å². The molecule has 0 unspecified atom stereocenters. The lowest BCUT2D eigenvalue weighted by Gasteiger charge is -2.14. The minimum absolute atomic E-state index is 0.0712. The number of nitrogens with one attached hydrogen (secondary N) is 1. The van der Waals surface area contributed by atoms with E-state index in [2.05, 4.69) is 10.2 Å². The zero-order chi connectivity index (χ0) is 10.9. The van der Waals surface area contributed by atoms with E-state index in [1.807, 2.05) is 6.92 Å². The zero-order valence-corrected chi connectivity index (χ0v) is 9.22. The van der Waals surface area contributed by atoms with Crippen LogP contribution in [0.3, 0.4) is 0 Å². The number of hydrogen-bond acceptors (Lipinski definition) is 5. The second-order valence-corrected chi connectivity index (χ2v) is 5.03. The van der Waals surface area contributed by atoms with Crippen molar-refractivity contribution in [3.8, 4) is 0 Å². The Morgan fingerprint density at radius 2 is 2.14 bits per heavy atom. The number of hydrogen-bond donors (Lipinski definition) is 2. The topological polar surface area (TPSA) is 92.1 Å². The average Bonchev–Trinajstić information content (AvgIpc) is 2.44. The van der Waals surface area contributed by atoms with E-state index in [-0.39, 0.29) is 10.7 Å². The standard InChI is InChI=1S/C7H14N4O2S/c1-4-11(2)7-5(14(3,12)13)6(8)9-10-7/h4H2,1-3H3,(H3,8,9,10). The minimum atomic E-state index is -3.34. The second kappa shape index (κ2) is 3.49. The van der Waals surface area contributed by atoms with Crippen LogP contribution in [0.15, 0.2) is 4.90 Å². The van der Waals surface area contributed by atoms with Gasteiger partial charge < -0.3 is 10.6 Å². The van der Waals surface area contributed by atoms with E-state index >= 15 is 0 Å². The highest BCUT2D eigenvalue weighted by Crippen LogP contribution is 2.26. The Bertz CT molecular complexity index is 423. The molecule has 0 aliphatic rings. The number of H-pyrrole nitrogens is 1. The van der Waals surface area contributed by atoms with Crippen LogP contribution in [0.2, 0.25) is 0 Å². The van der Waals surface area contributed by atoms with Crippen LogP contribution in [-0.4, -0.2) is 38.5 Å². The van der Waals surface area contributed by atoms with E-state index in [4.69, 9.17) is 5.73 Å². The summed E-state index contributed by atoms with van der Waals surface area (Å²) in [5.41, 5.74) is 5.50. The number of rotatable bonds is 3. The third kappa shape index (κ3) is 1.82. The maximum Gasteiger partial charge on any atom is 0.182 e. The molecule has 1 aromatic heterocycles. The van der Waals surface area contributed by atoms with Gasteiger partial charge in [-0.3, -0.25) is 5.10 Å². The fraction of sp³-hybridized carbons (Fsp3) is 0.571.